The van der Waals surface area contributed by atoms with Crippen molar-refractivity contribution in [3.05, 3.63) is 72.2 Å². The molecule has 1 N–H and O–H groups in total. The number of nitrogens with one attached hydrogen (secondary N) is 1. The Balaban J connectivity index is 1.41. The van der Waals surface area contributed by atoms with Crippen molar-refractivity contribution in [1.82, 2.24) is 34.8 Å². The number of anilines is 1. The topological polar surface area (TPSA) is 110 Å². The maximum atomic E-state index is 6.03. The molecule has 5 aromatic heterocycles. The Morgan fingerprint density at radius 1 is 1.16 bits per heavy atom. The third kappa shape index (κ3) is 2.91. The van der Waals surface area contributed by atoms with Gasteiger partial charge in [-0.1, -0.05) is 11.2 Å². The molecule has 0 fully saturated rings. The van der Waals surface area contributed by atoms with Gasteiger partial charge in [-0.25, -0.2) is 14.5 Å². The molecule has 10 heteroatoms. The molecule has 31 heavy (non-hydrogen) atoms. The summed E-state index contributed by atoms with van der Waals surface area (Å²) in [6.07, 6.45) is 6.06. The lowest BCUT2D eigenvalue weighted by atomic mass is 10.0. The van der Waals surface area contributed by atoms with Crippen molar-refractivity contribution in [3.8, 4) is 17.3 Å². The average molecular weight is 414 g/mol. The number of aromatic nitrogens is 7. The number of H-pyrrole nitrogens is 1. The molecule has 0 saturated carbocycles. The molecule has 6 rings (SSSR count). The highest BCUT2D eigenvalue weighted by Crippen LogP contribution is 2.36. The van der Waals surface area contributed by atoms with Crippen molar-refractivity contribution in [3.63, 3.8) is 0 Å². The quantitative estimate of drug-likeness (QED) is 0.478. The van der Waals surface area contributed by atoms with Gasteiger partial charge in [0.15, 0.2) is 0 Å². The van der Waals surface area contributed by atoms with Gasteiger partial charge in [0.2, 0.25) is 0 Å². The molecule has 154 valence electrons. The Morgan fingerprint density at radius 2 is 2.13 bits per heavy atom. The van der Waals surface area contributed by atoms with Crippen molar-refractivity contribution >= 4 is 11.5 Å². The van der Waals surface area contributed by atoms with Crippen molar-refractivity contribution in [2.75, 3.05) is 18.6 Å². The minimum atomic E-state index is -0.243. The summed E-state index contributed by atoms with van der Waals surface area (Å²) in [6, 6.07) is 11.8. The number of methoxy groups -OCH3 is 1. The van der Waals surface area contributed by atoms with Crippen molar-refractivity contribution in [2.24, 2.45) is 0 Å². The van der Waals surface area contributed by atoms with E-state index < -0.39 is 0 Å². The van der Waals surface area contributed by atoms with Crippen molar-refractivity contribution < 1.29 is 9.15 Å². The molecule has 1 atom stereocenters. The van der Waals surface area contributed by atoms with Crippen LogP contribution in [0.15, 0.2) is 59.5 Å². The summed E-state index contributed by atoms with van der Waals surface area (Å²) in [4.78, 5) is 14.2. The second-order valence-corrected chi connectivity index (χ2v) is 7.22. The fraction of sp³-hybridized carbons (Fsp3) is 0.190. The average Bonchev–Trinajstić information content (AvgIpc) is 3.57. The fourth-order valence-electron chi connectivity index (χ4n) is 3.94. The zero-order valence-corrected chi connectivity index (χ0v) is 16.6. The number of nitrogens with zero attached hydrogens (tertiary/aromatic N) is 7. The minimum Gasteiger partial charge on any atom is -0.495 e. The highest BCUT2D eigenvalue weighted by molar-refractivity contribution is 5.53. The summed E-state index contributed by atoms with van der Waals surface area (Å²) in [5, 5.41) is 13.3. The summed E-state index contributed by atoms with van der Waals surface area (Å²) in [7, 11) is 1.60. The molecule has 0 unspecified atom stereocenters. The first-order valence-corrected chi connectivity index (χ1v) is 9.87. The molecular weight excluding hydrogens is 396 g/mol. The molecular formula is C21H18N8O2. The van der Waals surface area contributed by atoms with Gasteiger partial charge in [-0.05, 0) is 30.3 Å². The number of pyridine rings is 2. The Kier molecular flexibility index (Phi) is 3.95. The predicted octanol–water partition coefficient (Wildman–Crippen LogP) is 2.66. The van der Waals surface area contributed by atoms with Crippen LogP contribution in [0.2, 0.25) is 0 Å². The van der Waals surface area contributed by atoms with Crippen LogP contribution >= 0.6 is 0 Å². The molecule has 0 saturated heterocycles. The fourth-order valence-corrected chi connectivity index (χ4v) is 3.94. The van der Waals surface area contributed by atoms with E-state index in [9.17, 15) is 0 Å². The smallest absolute Gasteiger partial charge is 0.319 e. The van der Waals surface area contributed by atoms with E-state index in [4.69, 9.17) is 14.3 Å². The summed E-state index contributed by atoms with van der Waals surface area (Å²) in [5.41, 5.74) is 4.46. The number of aromatic amines is 1. The highest BCUT2D eigenvalue weighted by atomic mass is 16.5. The molecule has 1 aliphatic rings. The van der Waals surface area contributed by atoms with Gasteiger partial charge in [-0.15, -0.1) is 5.10 Å². The first-order chi connectivity index (χ1) is 15.3. The molecule has 0 aliphatic carbocycles. The SMILES string of the molecule is COc1ccc(-c2nnc(N3CCc4[nH]cnc4[C@@H]3c3cc4ccccn4n3)o2)nc1. The number of rotatable bonds is 4. The van der Waals surface area contributed by atoms with Crippen LogP contribution in [0.25, 0.3) is 17.1 Å². The molecule has 5 aromatic rings. The maximum Gasteiger partial charge on any atom is 0.319 e. The molecule has 10 nitrogen and oxygen atoms in total. The zero-order chi connectivity index (χ0) is 20.8. The van der Waals surface area contributed by atoms with Crippen molar-refractivity contribution in [2.45, 2.75) is 12.5 Å². The highest BCUT2D eigenvalue weighted by Gasteiger charge is 2.36. The number of ether oxygens (including phenoxy) is 1. The number of imidazole rings is 1. The maximum absolute atomic E-state index is 6.03. The predicted molar refractivity (Wildman–Crippen MR) is 111 cm³/mol. The summed E-state index contributed by atoms with van der Waals surface area (Å²) in [5.74, 6) is 1.01. The van der Waals surface area contributed by atoms with E-state index in [2.05, 4.69) is 31.2 Å². The summed E-state index contributed by atoms with van der Waals surface area (Å²) in [6.45, 7) is 0.686. The third-order valence-corrected chi connectivity index (χ3v) is 5.45. The van der Waals surface area contributed by atoms with E-state index in [1.807, 2.05) is 39.9 Å². The largest absolute Gasteiger partial charge is 0.495 e. The first-order valence-electron chi connectivity index (χ1n) is 9.87. The monoisotopic (exact) mass is 414 g/mol. The lowest BCUT2D eigenvalue weighted by molar-refractivity contribution is 0.413. The van der Waals surface area contributed by atoms with Gasteiger partial charge < -0.3 is 19.0 Å². The molecule has 1 aliphatic heterocycles. The second kappa shape index (κ2) is 6.94. The van der Waals surface area contributed by atoms with Crippen LogP contribution in [-0.2, 0) is 6.42 Å². The van der Waals surface area contributed by atoms with Gasteiger partial charge in [0.25, 0.3) is 5.89 Å². The van der Waals surface area contributed by atoms with E-state index in [1.54, 1.807) is 25.7 Å². The zero-order valence-electron chi connectivity index (χ0n) is 16.6. The van der Waals surface area contributed by atoms with Crippen LogP contribution in [-0.4, -0.2) is 48.4 Å². The van der Waals surface area contributed by atoms with Crippen LogP contribution < -0.4 is 9.64 Å². The molecule has 0 amide bonds. The van der Waals surface area contributed by atoms with Crippen LogP contribution in [0.5, 0.6) is 5.75 Å². The molecule has 6 heterocycles. The Bertz CT molecular complexity index is 1320. The second-order valence-electron chi connectivity index (χ2n) is 7.22. The van der Waals surface area contributed by atoms with Crippen molar-refractivity contribution in [1.29, 1.82) is 0 Å². The minimum absolute atomic E-state index is 0.243. The van der Waals surface area contributed by atoms with Gasteiger partial charge in [0.1, 0.15) is 17.5 Å². The lowest BCUT2D eigenvalue weighted by Gasteiger charge is -2.32. The summed E-state index contributed by atoms with van der Waals surface area (Å²) >= 11 is 0. The number of hydrogen-bond donors (Lipinski definition) is 1. The van der Waals surface area contributed by atoms with Gasteiger partial charge >= 0.3 is 6.01 Å². The normalized spacial score (nSPS) is 15.9. The van der Waals surface area contributed by atoms with E-state index in [0.29, 0.717) is 29.9 Å². The van der Waals surface area contributed by atoms with Gasteiger partial charge in [0.05, 0.1) is 36.5 Å². The first kappa shape index (κ1) is 17.6. The van der Waals surface area contributed by atoms with Gasteiger partial charge in [-0.3, -0.25) is 0 Å². The molecule has 0 aromatic carbocycles. The summed E-state index contributed by atoms with van der Waals surface area (Å²) < 4.78 is 13.0. The van der Waals surface area contributed by atoms with Gasteiger partial charge in [-0.2, -0.15) is 5.10 Å². The Hall–Kier alpha value is -4.21. The van der Waals surface area contributed by atoms with Crippen LogP contribution in [0.1, 0.15) is 23.1 Å². The van der Waals surface area contributed by atoms with Crippen LogP contribution in [0.4, 0.5) is 6.01 Å². The Labute approximate surface area is 176 Å². The molecule has 0 radical (unpaired) electrons. The van der Waals surface area contributed by atoms with E-state index in [-0.39, 0.29) is 6.04 Å². The number of hydrogen-bond acceptors (Lipinski definition) is 8. The Morgan fingerprint density at radius 3 is 2.97 bits per heavy atom. The third-order valence-electron chi connectivity index (χ3n) is 5.45. The van der Waals surface area contributed by atoms with Gasteiger partial charge in [0, 0.05) is 24.9 Å². The van der Waals surface area contributed by atoms with E-state index >= 15 is 0 Å². The number of fused-ring (bicyclic) bond motifs is 2. The molecule has 0 spiro atoms. The van der Waals surface area contributed by atoms with Crippen LogP contribution in [0, 0.1) is 0 Å². The molecule has 0 bridgehead atoms. The van der Waals surface area contributed by atoms with E-state index in [0.717, 1.165) is 29.0 Å². The van der Waals surface area contributed by atoms with Crippen LogP contribution in [0.3, 0.4) is 0 Å². The van der Waals surface area contributed by atoms with E-state index in [1.165, 1.54) is 0 Å². The standard InChI is InChI=1S/C21H18N8O2/c1-30-14-5-6-16(22-11-14)20-25-26-21(31-20)28-9-7-15-18(24-12-23-15)19(28)17-10-13-4-2-3-8-29(13)27-17/h2-6,8,10-12,19H,7,9H2,1H3,(H,23,24)/t19-/m0/s1. The lowest BCUT2D eigenvalue weighted by Crippen LogP contribution is -2.36.